The van der Waals surface area contributed by atoms with Crippen molar-refractivity contribution in [1.82, 2.24) is 0 Å². The second-order valence-corrected chi connectivity index (χ2v) is 3.93. The van der Waals surface area contributed by atoms with Gasteiger partial charge < -0.3 is 20.9 Å². The average molecular weight is 202 g/mol. The summed E-state index contributed by atoms with van der Waals surface area (Å²) < 4.78 is 10.6. The molecule has 0 radical (unpaired) electrons. The molecule has 0 saturated carbocycles. The molecule has 2 unspecified atom stereocenters. The second-order valence-electron chi connectivity index (χ2n) is 3.93. The Labute approximate surface area is 83.7 Å². The molecule has 5 nitrogen and oxygen atoms in total. The van der Waals surface area contributed by atoms with Crippen LogP contribution in [0.3, 0.4) is 0 Å². The van der Waals surface area contributed by atoms with Gasteiger partial charge in [-0.3, -0.25) is 4.79 Å². The molecule has 2 atom stereocenters. The molecule has 14 heavy (non-hydrogen) atoms. The third-order valence-electron chi connectivity index (χ3n) is 2.29. The molecule has 0 aromatic rings. The van der Waals surface area contributed by atoms with Gasteiger partial charge in [-0.25, -0.2) is 0 Å². The minimum Gasteiger partial charge on any atom is -0.376 e. The van der Waals surface area contributed by atoms with Crippen molar-refractivity contribution in [2.75, 3.05) is 19.8 Å². The normalized spacial score (nSPS) is 26.0. The van der Waals surface area contributed by atoms with E-state index in [1.165, 1.54) is 0 Å². The van der Waals surface area contributed by atoms with E-state index < -0.39 is 11.4 Å². The quantitative estimate of drug-likeness (QED) is 0.622. The molecule has 0 spiro atoms. The van der Waals surface area contributed by atoms with Crippen LogP contribution in [0.15, 0.2) is 0 Å². The van der Waals surface area contributed by atoms with Crippen LogP contribution in [-0.4, -0.2) is 37.4 Å². The summed E-state index contributed by atoms with van der Waals surface area (Å²) in [6.45, 7) is 2.98. The lowest BCUT2D eigenvalue weighted by molar-refractivity contribution is -0.125. The molecule has 0 bridgehead atoms. The summed E-state index contributed by atoms with van der Waals surface area (Å²) in [5.74, 6) is -0.551. The van der Waals surface area contributed by atoms with E-state index in [0.717, 1.165) is 19.4 Å². The number of hydrogen-bond acceptors (Lipinski definition) is 4. The lowest BCUT2D eigenvalue weighted by atomic mass is 10.1. The highest BCUT2D eigenvalue weighted by Gasteiger charge is 2.26. The maximum Gasteiger partial charge on any atom is 0.239 e. The number of rotatable bonds is 5. The van der Waals surface area contributed by atoms with Crippen molar-refractivity contribution >= 4 is 5.91 Å². The molecule has 0 aromatic heterocycles. The first-order valence-corrected chi connectivity index (χ1v) is 4.80. The second kappa shape index (κ2) is 4.72. The number of amides is 1. The van der Waals surface area contributed by atoms with E-state index in [1.54, 1.807) is 6.92 Å². The molecule has 1 saturated heterocycles. The van der Waals surface area contributed by atoms with E-state index in [9.17, 15) is 4.79 Å². The Hall–Kier alpha value is -0.650. The van der Waals surface area contributed by atoms with E-state index in [4.69, 9.17) is 20.9 Å². The third kappa shape index (κ3) is 3.25. The summed E-state index contributed by atoms with van der Waals surface area (Å²) in [7, 11) is 0. The SMILES string of the molecule is CC(N)(COCC1CCCO1)C(N)=O. The number of hydrogen-bond donors (Lipinski definition) is 2. The van der Waals surface area contributed by atoms with Crippen LogP contribution in [0, 0.1) is 0 Å². The lowest BCUT2D eigenvalue weighted by Gasteiger charge is -2.21. The number of primary amides is 1. The molecule has 1 aliphatic heterocycles. The van der Waals surface area contributed by atoms with Crippen LogP contribution in [0.2, 0.25) is 0 Å². The van der Waals surface area contributed by atoms with Crippen molar-refractivity contribution in [2.45, 2.75) is 31.4 Å². The zero-order valence-electron chi connectivity index (χ0n) is 8.49. The molecule has 5 heteroatoms. The molecular weight excluding hydrogens is 184 g/mol. The molecule has 0 aromatic carbocycles. The van der Waals surface area contributed by atoms with Gasteiger partial charge in [0.25, 0.3) is 0 Å². The van der Waals surface area contributed by atoms with E-state index in [1.807, 2.05) is 0 Å². The predicted molar refractivity (Wildman–Crippen MR) is 51.6 cm³/mol. The average Bonchev–Trinajstić information content (AvgIpc) is 2.56. The van der Waals surface area contributed by atoms with Crippen LogP contribution >= 0.6 is 0 Å². The molecule has 1 fully saturated rings. The number of ether oxygens (including phenoxy) is 2. The number of nitrogens with two attached hydrogens (primary N) is 2. The highest BCUT2D eigenvalue weighted by Crippen LogP contribution is 2.12. The van der Waals surface area contributed by atoms with Gasteiger partial charge in [-0.15, -0.1) is 0 Å². The predicted octanol–water partition coefficient (Wildman–Crippen LogP) is -0.615. The smallest absolute Gasteiger partial charge is 0.239 e. The van der Waals surface area contributed by atoms with Crippen molar-refractivity contribution in [3.05, 3.63) is 0 Å². The van der Waals surface area contributed by atoms with Gasteiger partial charge in [-0.05, 0) is 19.8 Å². The molecule has 1 amide bonds. The van der Waals surface area contributed by atoms with Crippen LogP contribution < -0.4 is 11.5 Å². The Bertz CT molecular complexity index is 200. The van der Waals surface area contributed by atoms with Gasteiger partial charge in [0.15, 0.2) is 0 Å². The molecule has 4 N–H and O–H groups in total. The van der Waals surface area contributed by atoms with E-state index >= 15 is 0 Å². The Morgan fingerprint density at radius 3 is 2.93 bits per heavy atom. The van der Waals surface area contributed by atoms with Crippen molar-refractivity contribution in [3.63, 3.8) is 0 Å². The van der Waals surface area contributed by atoms with Crippen molar-refractivity contribution in [3.8, 4) is 0 Å². The van der Waals surface area contributed by atoms with Crippen molar-refractivity contribution in [2.24, 2.45) is 11.5 Å². The maximum absolute atomic E-state index is 10.8. The Balaban J connectivity index is 2.16. The largest absolute Gasteiger partial charge is 0.376 e. The number of carbonyl (C=O) groups excluding carboxylic acids is 1. The van der Waals surface area contributed by atoms with Gasteiger partial charge in [0.2, 0.25) is 5.91 Å². The molecule has 1 aliphatic rings. The first-order valence-electron chi connectivity index (χ1n) is 4.80. The zero-order chi connectivity index (χ0) is 10.6. The first-order chi connectivity index (χ1) is 6.52. The zero-order valence-corrected chi connectivity index (χ0v) is 8.49. The third-order valence-corrected chi connectivity index (χ3v) is 2.29. The summed E-state index contributed by atoms with van der Waals surface area (Å²) in [5, 5.41) is 0. The van der Waals surface area contributed by atoms with Gasteiger partial charge in [-0.1, -0.05) is 0 Å². The molecule has 0 aliphatic carbocycles. The lowest BCUT2D eigenvalue weighted by Crippen LogP contribution is -2.53. The highest BCUT2D eigenvalue weighted by atomic mass is 16.5. The van der Waals surface area contributed by atoms with Crippen molar-refractivity contribution in [1.29, 1.82) is 0 Å². The topological polar surface area (TPSA) is 87.6 Å². The molecular formula is C9H18N2O3. The minimum absolute atomic E-state index is 0.141. The first kappa shape index (κ1) is 11.4. The summed E-state index contributed by atoms with van der Waals surface area (Å²) in [4.78, 5) is 10.8. The van der Waals surface area contributed by atoms with Crippen LogP contribution in [-0.2, 0) is 14.3 Å². The highest BCUT2D eigenvalue weighted by molar-refractivity contribution is 5.83. The van der Waals surface area contributed by atoms with Crippen LogP contribution in [0.4, 0.5) is 0 Å². The Kier molecular flexibility index (Phi) is 3.86. The summed E-state index contributed by atoms with van der Waals surface area (Å²) in [6, 6.07) is 0. The molecule has 82 valence electrons. The fraction of sp³-hybridized carbons (Fsp3) is 0.889. The van der Waals surface area contributed by atoms with Gasteiger partial charge in [0, 0.05) is 6.61 Å². The fourth-order valence-electron chi connectivity index (χ4n) is 1.25. The van der Waals surface area contributed by atoms with E-state index in [-0.39, 0.29) is 12.7 Å². The van der Waals surface area contributed by atoms with Crippen LogP contribution in [0.1, 0.15) is 19.8 Å². The standard InChI is InChI=1S/C9H18N2O3/c1-9(11,8(10)12)6-13-5-7-3-2-4-14-7/h7H,2-6,11H2,1H3,(H2,10,12). The fourth-order valence-corrected chi connectivity index (χ4v) is 1.25. The summed E-state index contributed by atoms with van der Waals surface area (Å²) in [5.41, 5.74) is 9.61. The van der Waals surface area contributed by atoms with E-state index in [2.05, 4.69) is 0 Å². The molecule has 1 rings (SSSR count). The monoisotopic (exact) mass is 202 g/mol. The van der Waals surface area contributed by atoms with Gasteiger partial charge in [0.05, 0.1) is 19.3 Å². The number of carbonyl (C=O) groups is 1. The summed E-state index contributed by atoms with van der Waals surface area (Å²) >= 11 is 0. The van der Waals surface area contributed by atoms with Gasteiger partial charge in [0.1, 0.15) is 5.54 Å². The maximum atomic E-state index is 10.8. The summed E-state index contributed by atoms with van der Waals surface area (Å²) in [6.07, 6.45) is 2.24. The Morgan fingerprint density at radius 2 is 2.43 bits per heavy atom. The van der Waals surface area contributed by atoms with Gasteiger partial charge >= 0.3 is 0 Å². The van der Waals surface area contributed by atoms with Crippen LogP contribution in [0.25, 0.3) is 0 Å². The van der Waals surface area contributed by atoms with Crippen molar-refractivity contribution < 1.29 is 14.3 Å². The van der Waals surface area contributed by atoms with E-state index in [0.29, 0.717) is 6.61 Å². The minimum atomic E-state index is -1.08. The van der Waals surface area contributed by atoms with Crippen LogP contribution in [0.5, 0.6) is 0 Å². The molecule has 1 heterocycles. The van der Waals surface area contributed by atoms with Gasteiger partial charge in [-0.2, -0.15) is 0 Å². The Morgan fingerprint density at radius 1 is 1.71 bits per heavy atom.